The molecule has 0 aromatic carbocycles. The van der Waals surface area contributed by atoms with Crippen LogP contribution in [0.4, 0.5) is 0 Å². The molecule has 0 aromatic heterocycles. The van der Waals surface area contributed by atoms with E-state index in [1.54, 1.807) is 0 Å². The second-order valence-electron chi connectivity index (χ2n) is 5.20. The summed E-state index contributed by atoms with van der Waals surface area (Å²) in [5.74, 6) is -0.690. The van der Waals surface area contributed by atoms with E-state index in [9.17, 15) is 9.90 Å². The molecule has 0 spiro atoms. The zero-order chi connectivity index (χ0) is 14.3. The first-order chi connectivity index (χ1) is 9.16. The first-order valence-corrected chi connectivity index (χ1v) is 7.71. The van der Waals surface area contributed by atoms with Crippen LogP contribution in [0.2, 0.25) is 0 Å². The maximum absolute atomic E-state index is 10.3. The second-order valence-corrected chi connectivity index (χ2v) is 5.20. The fourth-order valence-electron chi connectivity index (χ4n) is 2.00. The molecule has 0 aromatic rings. The number of hydrogen-bond donors (Lipinski definition) is 2. The normalized spacial score (nSPS) is 12.9. The van der Waals surface area contributed by atoms with Crippen LogP contribution < -0.4 is 0 Å². The Bertz CT molecular complexity index is 236. The highest BCUT2D eigenvalue weighted by Crippen LogP contribution is 2.09. The first kappa shape index (κ1) is 18.2. The Kier molecular flexibility index (Phi) is 13.0. The molecular formula is C16H30O3. The summed E-state index contributed by atoms with van der Waals surface area (Å²) in [5.41, 5.74) is 0. The SMILES string of the molecule is CCCCC(O)C/C=C\CCCCCCCC(=O)O. The molecule has 0 aliphatic heterocycles. The minimum absolute atomic E-state index is 0.174. The first-order valence-electron chi connectivity index (χ1n) is 7.71. The number of rotatable bonds is 13. The van der Waals surface area contributed by atoms with Crippen molar-refractivity contribution in [2.75, 3.05) is 0 Å². The van der Waals surface area contributed by atoms with Gasteiger partial charge in [0.15, 0.2) is 0 Å². The van der Waals surface area contributed by atoms with Crippen molar-refractivity contribution >= 4 is 5.97 Å². The molecular weight excluding hydrogens is 240 g/mol. The smallest absolute Gasteiger partial charge is 0.303 e. The number of carbonyl (C=O) groups is 1. The third-order valence-corrected chi connectivity index (χ3v) is 3.23. The number of carboxylic acid groups (broad SMARTS) is 1. The van der Waals surface area contributed by atoms with Gasteiger partial charge in [0.05, 0.1) is 6.10 Å². The van der Waals surface area contributed by atoms with Gasteiger partial charge in [0.25, 0.3) is 0 Å². The van der Waals surface area contributed by atoms with Gasteiger partial charge in [-0.25, -0.2) is 0 Å². The molecule has 0 fully saturated rings. The van der Waals surface area contributed by atoms with Crippen molar-refractivity contribution in [2.45, 2.75) is 83.7 Å². The molecule has 0 bridgehead atoms. The zero-order valence-electron chi connectivity index (χ0n) is 12.3. The molecule has 1 atom stereocenters. The summed E-state index contributed by atoms with van der Waals surface area (Å²) in [6.45, 7) is 2.14. The van der Waals surface area contributed by atoms with E-state index in [1.165, 1.54) is 6.42 Å². The number of allylic oxidation sites excluding steroid dienone is 1. The summed E-state index contributed by atoms with van der Waals surface area (Å²) in [5, 5.41) is 18.1. The van der Waals surface area contributed by atoms with Crippen LogP contribution in [0, 0.1) is 0 Å². The fourth-order valence-corrected chi connectivity index (χ4v) is 2.00. The molecule has 0 saturated carbocycles. The highest BCUT2D eigenvalue weighted by Gasteiger charge is 1.99. The van der Waals surface area contributed by atoms with E-state index in [0.717, 1.165) is 57.8 Å². The van der Waals surface area contributed by atoms with E-state index in [2.05, 4.69) is 19.1 Å². The number of carboxylic acids is 1. The number of hydrogen-bond acceptors (Lipinski definition) is 2. The quantitative estimate of drug-likeness (QED) is 0.387. The average molecular weight is 270 g/mol. The van der Waals surface area contributed by atoms with Gasteiger partial charge in [-0.05, 0) is 32.1 Å². The Hall–Kier alpha value is -0.830. The van der Waals surface area contributed by atoms with E-state index in [-0.39, 0.29) is 6.10 Å². The summed E-state index contributed by atoms with van der Waals surface area (Å²) in [4.78, 5) is 10.3. The summed E-state index contributed by atoms with van der Waals surface area (Å²) in [6.07, 6.45) is 14.6. The Morgan fingerprint density at radius 3 is 2.42 bits per heavy atom. The summed E-state index contributed by atoms with van der Waals surface area (Å²) in [6, 6.07) is 0. The zero-order valence-corrected chi connectivity index (χ0v) is 12.3. The third kappa shape index (κ3) is 15.1. The predicted octanol–water partition coefficient (Wildman–Crippen LogP) is 4.30. The number of aliphatic hydroxyl groups excluding tert-OH is 1. The lowest BCUT2D eigenvalue weighted by Crippen LogP contribution is -2.03. The molecule has 3 heteroatoms. The van der Waals surface area contributed by atoms with E-state index in [1.807, 2.05) is 0 Å². The van der Waals surface area contributed by atoms with E-state index in [0.29, 0.717) is 6.42 Å². The van der Waals surface area contributed by atoms with Crippen LogP contribution in [-0.4, -0.2) is 22.3 Å². The van der Waals surface area contributed by atoms with Gasteiger partial charge in [0.1, 0.15) is 0 Å². The molecule has 0 radical (unpaired) electrons. The maximum Gasteiger partial charge on any atom is 0.303 e. The van der Waals surface area contributed by atoms with Crippen LogP contribution >= 0.6 is 0 Å². The van der Waals surface area contributed by atoms with Crippen molar-refractivity contribution in [3.63, 3.8) is 0 Å². The molecule has 0 aliphatic rings. The predicted molar refractivity (Wildman–Crippen MR) is 79.2 cm³/mol. The molecule has 0 rings (SSSR count). The number of unbranched alkanes of at least 4 members (excludes halogenated alkanes) is 6. The van der Waals surface area contributed by atoms with Crippen molar-refractivity contribution in [3.8, 4) is 0 Å². The monoisotopic (exact) mass is 270 g/mol. The van der Waals surface area contributed by atoms with Crippen molar-refractivity contribution in [1.29, 1.82) is 0 Å². The van der Waals surface area contributed by atoms with Gasteiger partial charge in [-0.15, -0.1) is 0 Å². The lowest BCUT2D eigenvalue weighted by molar-refractivity contribution is -0.137. The Balaban J connectivity index is 3.22. The van der Waals surface area contributed by atoms with Gasteiger partial charge in [-0.2, -0.15) is 0 Å². The molecule has 3 nitrogen and oxygen atoms in total. The standard InChI is InChI=1S/C16H30O3/c1-2-3-12-15(17)13-10-8-6-4-5-7-9-11-14-16(18)19/h8,10,15,17H,2-7,9,11-14H2,1H3,(H,18,19)/b10-8-. The minimum atomic E-state index is -0.690. The van der Waals surface area contributed by atoms with E-state index < -0.39 is 5.97 Å². The van der Waals surface area contributed by atoms with E-state index >= 15 is 0 Å². The summed E-state index contributed by atoms with van der Waals surface area (Å²) in [7, 11) is 0. The van der Waals surface area contributed by atoms with Crippen LogP contribution in [0.15, 0.2) is 12.2 Å². The molecule has 19 heavy (non-hydrogen) atoms. The Morgan fingerprint density at radius 2 is 1.74 bits per heavy atom. The molecule has 0 heterocycles. The second kappa shape index (κ2) is 13.6. The van der Waals surface area contributed by atoms with Crippen LogP contribution in [0.3, 0.4) is 0 Å². The lowest BCUT2D eigenvalue weighted by Gasteiger charge is -2.05. The van der Waals surface area contributed by atoms with Crippen LogP contribution in [0.1, 0.15) is 77.6 Å². The van der Waals surface area contributed by atoms with Gasteiger partial charge < -0.3 is 10.2 Å². The highest BCUT2D eigenvalue weighted by molar-refractivity contribution is 5.66. The topological polar surface area (TPSA) is 57.5 Å². The van der Waals surface area contributed by atoms with E-state index in [4.69, 9.17) is 5.11 Å². The molecule has 2 N–H and O–H groups in total. The van der Waals surface area contributed by atoms with Gasteiger partial charge in [-0.1, -0.05) is 51.2 Å². The van der Waals surface area contributed by atoms with Crippen LogP contribution in [0.5, 0.6) is 0 Å². The van der Waals surface area contributed by atoms with Crippen LogP contribution in [0.25, 0.3) is 0 Å². The third-order valence-electron chi connectivity index (χ3n) is 3.23. The van der Waals surface area contributed by atoms with Gasteiger partial charge >= 0.3 is 5.97 Å². The molecule has 112 valence electrons. The maximum atomic E-state index is 10.3. The molecule has 0 saturated heterocycles. The minimum Gasteiger partial charge on any atom is -0.481 e. The van der Waals surface area contributed by atoms with Crippen molar-refractivity contribution in [1.82, 2.24) is 0 Å². The van der Waals surface area contributed by atoms with Gasteiger partial charge in [-0.3, -0.25) is 4.79 Å². The molecule has 0 aliphatic carbocycles. The van der Waals surface area contributed by atoms with Crippen molar-refractivity contribution in [3.05, 3.63) is 12.2 Å². The van der Waals surface area contributed by atoms with Crippen molar-refractivity contribution in [2.24, 2.45) is 0 Å². The molecule has 0 amide bonds. The lowest BCUT2D eigenvalue weighted by atomic mass is 10.1. The fraction of sp³-hybridized carbons (Fsp3) is 0.812. The average Bonchev–Trinajstić information content (AvgIpc) is 2.38. The Morgan fingerprint density at radius 1 is 1.05 bits per heavy atom. The Labute approximate surface area is 117 Å². The van der Waals surface area contributed by atoms with Crippen molar-refractivity contribution < 1.29 is 15.0 Å². The summed E-state index contributed by atoms with van der Waals surface area (Å²) < 4.78 is 0. The highest BCUT2D eigenvalue weighted by atomic mass is 16.4. The van der Waals surface area contributed by atoms with Crippen LogP contribution in [-0.2, 0) is 4.79 Å². The molecule has 1 unspecified atom stereocenters. The number of aliphatic carboxylic acids is 1. The summed E-state index contributed by atoms with van der Waals surface area (Å²) >= 11 is 0. The number of aliphatic hydroxyl groups is 1. The van der Waals surface area contributed by atoms with Gasteiger partial charge in [0, 0.05) is 6.42 Å². The van der Waals surface area contributed by atoms with Gasteiger partial charge in [0.2, 0.25) is 0 Å². The largest absolute Gasteiger partial charge is 0.481 e.